The quantitative estimate of drug-likeness (QED) is 0.560. The SMILES string of the molecule is Cc1cccc(CCCCCCN2C(=O)c3ccccc3C2=O)c1. The lowest BCUT2D eigenvalue weighted by Gasteiger charge is -2.13. The highest BCUT2D eigenvalue weighted by molar-refractivity contribution is 6.21. The molecule has 3 nitrogen and oxygen atoms in total. The monoisotopic (exact) mass is 321 g/mol. The normalized spacial score (nSPS) is 13.5. The van der Waals surface area contributed by atoms with E-state index in [2.05, 4.69) is 31.2 Å². The Labute approximate surface area is 143 Å². The minimum atomic E-state index is -0.143. The van der Waals surface area contributed by atoms with Crippen molar-refractivity contribution >= 4 is 11.8 Å². The maximum absolute atomic E-state index is 12.2. The number of carbonyl (C=O) groups excluding carboxylic acids is 2. The third-order valence-corrected chi connectivity index (χ3v) is 4.56. The van der Waals surface area contributed by atoms with Crippen molar-refractivity contribution in [3.63, 3.8) is 0 Å². The highest BCUT2D eigenvalue weighted by atomic mass is 16.2. The molecule has 124 valence electrons. The molecule has 0 saturated carbocycles. The molecule has 24 heavy (non-hydrogen) atoms. The summed E-state index contributed by atoms with van der Waals surface area (Å²) in [7, 11) is 0. The Balaban J connectivity index is 1.40. The molecule has 1 aliphatic rings. The van der Waals surface area contributed by atoms with Gasteiger partial charge >= 0.3 is 0 Å². The van der Waals surface area contributed by atoms with E-state index in [0.717, 1.165) is 32.1 Å². The lowest BCUT2D eigenvalue weighted by molar-refractivity contribution is 0.0651. The number of rotatable bonds is 7. The van der Waals surface area contributed by atoms with Crippen LogP contribution in [0.5, 0.6) is 0 Å². The summed E-state index contributed by atoms with van der Waals surface area (Å²) < 4.78 is 0. The van der Waals surface area contributed by atoms with Crippen LogP contribution in [-0.2, 0) is 6.42 Å². The van der Waals surface area contributed by atoms with Crippen LogP contribution in [-0.4, -0.2) is 23.3 Å². The van der Waals surface area contributed by atoms with E-state index < -0.39 is 0 Å². The zero-order valence-electron chi connectivity index (χ0n) is 14.1. The van der Waals surface area contributed by atoms with Gasteiger partial charge in [0.25, 0.3) is 11.8 Å². The van der Waals surface area contributed by atoms with Gasteiger partial charge in [0.05, 0.1) is 11.1 Å². The van der Waals surface area contributed by atoms with Crippen molar-refractivity contribution < 1.29 is 9.59 Å². The van der Waals surface area contributed by atoms with E-state index >= 15 is 0 Å². The largest absolute Gasteiger partial charge is 0.274 e. The fraction of sp³-hybridized carbons (Fsp3) is 0.333. The maximum atomic E-state index is 12.2. The number of fused-ring (bicyclic) bond motifs is 1. The van der Waals surface area contributed by atoms with Crippen LogP contribution in [0.2, 0.25) is 0 Å². The van der Waals surface area contributed by atoms with E-state index in [1.165, 1.54) is 16.0 Å². The topological polar surface area (TPSA) is 37.4 Å². The molecule has 0 radical (unpaired) electrons. The third kappa shape index (κ3) is 3.56. The first kappa shape index (κ1) is 16.4. The minimum absolute atomic E-state index is 0.143. The van der Waals surface area contributed by atoms with Crippen LogP contribution in [0.25, 0.3) is 0 Å². The van der Waals surface area contributed by atoms with Crippen LogP contribution in [0, 0.1) is 6.92 Å². The Morgan fingerprint density at radius 1 is 0.792 bits per heavy atom. The molecule has 3 heteroatoms. The number of nitrogens with zero attached hydrogens (tertiary/aromatic N) is 1. The van der Waals surface area contributed by atoms with Crippen LogP contribution >= 0.6 is 0 Å². The van der Waals surface area contributed by atoms with Crippen molar-refractivity contribution in [1.82, 2.24) is 4.90 Å². The number of hydrogen-bond acceptors (Lipinski definition) is 2. The van der Waals surface area contributed by atoms with E-state index in [9.17, 15) is 9.59 Å². The smallest absolute Gasteiger partial charge is 0.261 e. The van der Waals surface area contributed by atoms with E-state index in [-0.39, 0.29) is 11.8 Å². The van der Waals surface area contributed by atoms with Gasteiger partial charge in [0, 0.05) is 6.54 Å². The van der Waals surface area contributed by atoms with Crippen LogP contribution in [0.3, 0.4) is 0 Å². The van der Waals surface area contributed by atoms with E-state index in [1.807, 2.05) is 0 Å². The fourth-order valence-corrected chi connectivity index (χ4v) is 3.26. The molecule has 0 atom stereocenters. The number of imide groups is 1. The molecule has 1 aliphatic heterocycles. The van der Waals surface area contributed by atoms with Crippen LogP contribution in [0.4, 0.5) is 0 Å². The van der Waals surface area contributed by atoms with Crippen LogP contribution in [0.1, 0.15) is 57.5 Å². The van der Waals surface area contributed by atoms with Crippen molar-refractivity contribution in [2.24, 2.45) is 0 Å². The summed E-state index contributed by atoms with van der Waals surface area (Å²) in [4.78, 5) is 25.9. The summed E-state index contributed by atoms with van der Waals surface area (Å²) in [5.74, 6) is -0.286. The summed E-state index contributed by atoms with van der Waals surface area (Å²) >= 11 is 0. The van der Waals surface area contributed by atoms with Gasteiger partial charge in [0.2, 0.25) is 0 Å². The van der Waals surface area contributed by atoms with Crippen LogP contribution < -0.4 is 0 Å². The molecule has 0 fully saturated rings. The first-order chi connectivity index (χ1) is 11.7. The van der Waals surface area contributed by atoms with Crippen molar-refractivity contribution in [3.8, 4) is 0 Å². The second-order valence-electron chi connectivity index (χ2n) is 6.46. The van der Waals surface area contributed by atoms with Gasteiger partial charge in [-0.1, -0.05) is 54.8 Å². The predicted octanol–water partition coefficient (Wildman–Crippen LogP) is 4.39. The second-order valence-corrected chi connectivity index (χ2v) is 6.46. The summed E-state index contributed by atoms with van der Waals surface area (Å²) in [6.45, 7) is 2.64. The first-order valence-corrected chi connectivity index (χ1v) is 8.67. The molecular formula is C21H23NO2. The van der Waals surface area contributed by atoms with Gasteiger partial charge < -0.3 is 0 Å². The number of benzene rings is 2. The molecular weight excluding hydrogens is 298 g/mol. The second kappa shape index (κ2) is 7.43. The molecule has 0 saturated heterocycles. The Kier molecular flexibility index (Phi) is 5.09. The number of carbonyl (C=O) groups is 2. The Bertz CT molecular complexity index is 716. The first-order valence-electron chi connectivity index (χ1n) is 8.67. The van der Waals surface area contributed by atoms with Gasteiger partial charge in [0.1, 0.15) is 0 Å². The molecule has 0 aromatic heterocycles. The summed E-state index contributed by atoms with van der Waals surface area (Å²) in [6.07, 6.45) is 5.27. The van der Waals surface area contributed by atoms with Gasteiger partial charge in [0.15, 0.2) is 0 Å². The van der Waals surface area contributed by atoms with Gasteiger partial charge in [-0.15, -0.1) is 0 Å². The van der Waals surface area contributed by atoms with E-state index in [0.29, 0.717) is 17.7 Å². The zero-order chi connectivity index (χ0) is 16.9. The average Bonchev–Trinajstić information content (AvgIpc) is 2.83. The van der Waals surface area contributed by atoms with E-state index in [4.69, 9.17) is 0 Å². The number of aryl methyl sites for hydroxylation is 2. The predicted molar refractivity (Wildman–Crippen MR) is 95.2 cm³/mol. The van der Waals surface area contributed by atoms with Gasteiger partial charge in [-0.05, 0) is 43.9 Å². The molecule has 0 unspecified atom stereocenters. The van der Waals surface area contributed by atoms with Gasteiger partial charge in [-0.25, -0.2) is 0 Å². The fourth-order valence-electron chi connectivity index (χ4n) is 3.26. The van der Waals surface area contributed by atoms with Crippen molar-refractivity contribution in [2.45, 2.75) is 39.0 Å². The molecule has 3 rings (SSSR count). The molecule has 0 aliphatic carbocycles. The van der Waals surface area contributed by atoms with Gasteiger partial charge in [-0.2, -0.15) is 0 Å². The highest BCUT2D eigenvalue weighted by Crippen LogP contribution is 2.22. The summed E-state index contributed by atoms with van der Waals surface area (Å²) in [6, 6.07) is 15.7. The number of amides is 2. The van der Waals surface area contributed by atoms with Gasteiger partial charge in [-0.3, -0.25) is 14.5 Å². The number of unbranched alkanes of at least 4 members (excludes halogenated alkanes) is 3. The van der Waals surface area contributed by atoms with Crippen molar-refractivity contribution in [2.75, 3.05) is 6.54 Å². The standard InChI is InChI=1S/C21H23NO2/c1-16-9-8-11-17(15-16)10-4-2-3-7-14-22-20(23)18-12-5-6-13-19(18)21(22)24/h5-6,8-9,11-13,15H,2-4,7,10,14H2,1H3. The lowest BCUT2D eigenvalue weighted by Crippen LogP contribution is -2.30. The third-order valence-electron chi connectivity index (χ3n) is 4.56. The molecule has 0 N–H and O–H groups in total. The number of hydrogen-bond donors (Lipinski definition) is 0. The lowest BCUT2D eigenvalue weighted by atomic mass is 10.0. The van der Waals surface area contributed by atoms with Crippen LogP contribution in [0.15, 0.2) is 48.5 Å². The zero-order valence-corrected chi connectivity index (χ0v) is 14.1. The molecule has 2 amide bonds. The molecule has 1 heterocycles. The molecule has 0 bridgehead atoms. The van der Waals surface area contributed by atoms with Crippen molar-refractivity contribution in [3.05, 3.63) is 70.8 Å². The molecule has 2 aromatic rings. The Morgan fingerprint density at radius 3 is 2.12 bits per heavy atom. The Hall–Kier alpha value is -2.42. The highest BCUT2D eigenvalue weighted by Gasteiger charge is 2.34. The van der Waals surface area contributed by atoms with E-state index in [1.54, 1.807) is 24.3 Å². The molecule has 2 aromatic carbocycles. The van der Waals surface area contributed by atoms with Crippen molar-refractivity contribution in [1.29, 1.82) is 0 Å². The minimum Gasteiger partial charge on any atom is -0.274 e. The maximum Gasteiger partial charge on any atom is 0.261 e. The Morgan fingerprint density at radius 2 is 1.46 bits per heavy atom. The summed E-state index contributed by atoms with van der Waals surface area (Å²) in [5, 5.41) is 0. The molecule has 0 spiro atoms. The average molecular weight is 321 g/mol. The summed E-state index contributed by atoms with van der Waals surface area (Å²) in [5.41, 5.74) is 3.78.